The number of carbonyl (C=O) groups excluding carboxylic acids is 1. The number of pyridine rings is 2. The lowest BCUT2D eigenvalue weighted by Gasteiger charge is -2.33. The molecule has 0 saturated carbocycles. The minimum atomic E-state index is -5.08. The zero-order valence-electron chi connectivity index (χ0n) is 40.0. The van der Waals surface area contributed by atoms with Gasteiger partial charge in [0.05, 0.1) is 24.5 Å². The Labute approximate surface area is 434 Å². The number of benzene rings is 2. The predicted octanol–water partition coefficient (Wildman–Crippen LogP) is 12.1. The number of rotatable bonds is 10. The van der Waals surface area contributed by atoms with E-state index in [4.69, 9.17) is 82.0 Å². The number of piperidine rings is 2. The van der Waals surface area contributed by atoms with Crippen molar-refractivity contribution in [3.05, 3.63) is 117 Å². The van der Waals surface area contributed by atoms with E-state index < -0.39 is 23.9 Å². The third-order valence-electron chi connectivity index (χ3n) is 11.5. The summed E-state index contributed by atoms with van der Waals surface area (Å²) in [5, 5.41) is 21.8. The number of aromatic nitrogens is 6. The summed E-state index contributed by atoms with van der Waals surface area (Å²) in [4.78, 5) is 31.6. The first kappa shape index (κ1) is 55.3. The number of hydrogen-bond acceptors (Lipinski definition) is 12. The molecule has 0 aliphatic carbocycles. The number of aliphatic carboxylic acids is 1. The minimum Gasteiger partial charge on any atom is -0.482 e. The van der Waals surface area contributed by atoms with Crippen LogP contribution in [0.15, 0.2) is 85.7 Å². The summed E-state index contributed by atoms with van der Waals surface area (Å²) >= 11 is 25.3. The number of nitrogens with one attached hydrogen (secondary N) is 1. The number of carboxylic acids is 1. The molecule has 0 spiro atoms. The number of likely N-dealkylation sites (tertiary alicyclic amines) is 1. The molecule has 72 heavy (non-hydrogen) atoms. The second-order valence-corrected chi connectivity index (χ2v) is 19.5. The number of nitrogen functional groups attached to an aromatic ring is 2. The molecular formula is C49H55Cl4F3N10O6. The molecule has 1 amide bonds. The van der Waals surface area contributed by atoms with E-state index in [2.05, 4.69) is 31.7 Å². The lowest BCUT2D eigenvalue weighted by Crippen LogP contribution is -2.42. The van der Waals surface area contributed by atoms with Crippen molar-refractivity contribution in [1.82, 2.24) is 39.7 Å². The molecule has 2 atom stereocenters. The van der Waals surface area contributed by atoms with E-state index in [-0.39, 0.29) is 24.1 Å². The molecule has 6 heterocycles. The summed E-state index contributed by atoms with van der Waals surface area (Å²) in [6.07, 6.45) is 8.71. The van der Waals surface area contributed by atoms with E-state index in [1.54, 1.807) is 59.9 Å². The van der Waals surface area contributed by atoms with Crippen molar-refractivity contribution in [3.63, 3.8) is 0 Å². The second kappa shape index (κ2) is 24.2. The van der Waals surface area contributed by atoms with Gasteiger partial charge in [0.2, 0.25) is 0 Å². The average Bonchev–Trinajstić information content (AvgIpc) is 4.02. The van der Waals surface area contributed by atoms with E-state index in [0.29, 0.717) is 62.1 Å². The lowest BCUT2D eigenvalue weighted by molar-refractivity contribution is -0.192. The van der Waals surface area contributed by atoms with Crippen LogP contribution in [0.25, 0.3) is 22.3 Å². The van der Waals surface area contributed by atoms with Gasteiger partial charge in [-0.3, -0.25) is 9.36 Å². The molecule has 6 N–H and O–H groups in total. The number of nitrogens with zero attached hydrogens (tertiary/aromatic N) is 7. The van der Waals surface area contributed by atoms with Crippen LogP contribution in [0.2, 0.25) is 20.1 Å². The van der Waals surface area contributed by atoms with Gasteiger partial charge in [-0.1, -0.05) is 58.5 Å². The highest BCUT2D eigenvalue weighted by atomic mass is 35.5. The normalized spacial score (nSPS) is 15.3. The summed E-state index contributed by atoms with van der Waals surface area (Å²) in [5.41, 5.74) is 16.7. The van der Waals surface area contributed by atoms with Gasteiger partial charge in [-0.15, -0.1) is 0 Å². The van der Waals surface area contributed by atoms with Gasteiger partial charge in [0.25, 0.3) is 0 Å². The first-order valence-corrected chi connectivity index (χ1v) is 24.3. The van der Waals surface area contributed by atoms with Crippen molar-refractivity contribution < 1.29 is 42.1 Å². The van der Waals surface area contributed by atoms with Crippen molar-refractivity contribution >= 4 is 70.1 Å². The highest BCUT2D eigenvalue weighted by Gasteiger charge is 2.38. The van der Waals surface area contributed by atoms with Gasteiger partial charge in [-0.05, 0) is 110 Å². The van der Waals surface area contributed by atoms with Gasteiger partial charge in [0, 0.05) is 91.3 Å². The zero-order chi connectivity index (χ0) is 52.5. The number of carbonyl (C=O) groups is 2. The van der Waals surface area contributed by atoms with E-state index >= 15 is 0 Å². The number of anilines is 2. The Bertz CT molecular complexity index is 2770. The first-order chi connectivity index (χ1) is 34.0. The summed E-state index contributed by atoms with van der Waals surface area (Å²) in [5.74, 6) is -1.24. The Kier molecular flexibility index (Phi) is 18.6. The molecule has 4 aromatic heterocycles. The Balaban J connectivity index is 0.000000211. The van der Waals surface area contributed by atoms with Crippen LogP contribution in [0.5, 0.6) is 11.5 Å². The summed E-state index contributed by atoms with van der Waals surface area (Å²) in [6.45, 7) is 12.6. The molecule has 23 heteroatoms. The van der Waals surface area contributed by atoms with Crippen LogP contribution < -0.4 is 26.3 Å². The SMILES string of the molecule is CC(Oc1cc(-c2cnn(C3CCN(C(=O)OC(C)(C)C)CC3)c2)cnc1N)c1c(Cl)cccc1Cl.CC(Oc1cc(-c2cnn(C3CCNCC3)c2)cnc1N)c1c(Cl)cccc1Cl.O=C(O)C(F)(F)F. The molecule has 386 valence electrons. The summed E-state index contributed by atoms with van der Waals surface area (Å²) in [7, 11) is 0. The van der Waals surface area contributed by atoms with Gasteiger partial charge >= 0.3 is 18.2 Å². The zero-order valence-corrected chi connectivity index (χ0v) is 43.0. The number of carboxylic acid groups (broad SMARTS) is 1. The maximum atomic E-state index is 12.3. The smallest absolute Gasteiger partial charge is 0.482 e. The number of ether oxygens (including phenoxy) is 3. The van der Waals surface area contributed by atoms with E-state index in [9.17, 15) is 18.0 Å². The van der Waals surface area contributed by atoms with Crippen molar-refractivity contribution in [1.29, 1.82) is 0 Å². The van der Waals surface area contributed by atoms with Crippen LogP contribution in [-0.2, 0) is 9.53 Å². The summed E-state index contributed by atoms with van der Waals surface area (Å²) < 4.78 is 53.4. The Morgan fingerprint density at radius 3 is 1.46 bits per heavy atom. The molecule has 2 saturated heterocycles. The fourth-order valence-corrected chi connectivity index (χ4v) is 9.21. The number of hydrogen-bond donors (Lipinski definition) is 4. The molecule has 0 radical (unpaired) electrons. The van der Waals surface area contributed by atoms with Crippen LogP contribution in [0.3, 0.4) is 0 Å². The fraction of sp³-hybridized carbons (Fsp3) is 0.388. The monoisotopic (exact) mass is 1080 g/mol. The Morgan fingerprint density at radius 1 is 0.694 bits per heavy atom. The maximum Gasteiger partial charge on any atom is 0.490 e. The average molecular weight is 1080 g/mol. The van der Waals surface area contributed by atoms with Gasteiger partial charge < -0.3 is 41.0 Å². The highest BCUT2D eigenvalue weighted by molar-refractivity contribution is 6.36. The highest BCUT2D eigenvalue weighted by Crippen LogP contribution is 2.38. The van der Waals surface area contributed by atoms with Crippen LogP contribution in [0.4, 0.5) is 29.6 Å². The molecule has 2 unspecified atom stereocenters. The van der Waals surface area contributed by atoms with E-state index in [1.165, 1.54) is 0 Å². The standard InChI is InChI=1S/C26H31Cl2N5O3.C21H23Cl2N5O.C2HF3O2/c1-16(23-20(27)6-5-7-21(23)28)35-22-12-17(13-30-24(22)29)18-14-31-33(15-18)19-8-10-32(11-9-19)25(34)36-26(2,3)4;1-13(20-17(22)3-2-4-18(20)23)29-19-9-14(10-26-21(19)24)15-11-27-28(12-15)16-5-7-25-8-6-16;3-2(4,5)1(6)7/h5-7,12-16,19H,8-11H2,1-4H3,(H2,29,30);2-4,9-13,16,25H,5-8H2,1H3,(H2,24,26);(H,6,7). The van der Waals surface area contributed by atoms with Crippen LogP contribution in [0.1, 0.15) is 95.7 Å². The molecule has 2 aliphatic rings. The quantitative estimate of drug-likeness (QED) is 0.101. The largest absolute Gasteiger partial charge is 0.490 e. The van der Waals surface area contributed by atoms with Crippen molar-refractivity contribution in [2.75, 3.05) is 37.6 Å². The third kappa shape index (κ3) is 14.8. The van der Waals surface area contributed by atoms with Crippen molar-refractivity contribution in [3.8, 4) is 33.8 Å². The van der Waals surface area contributed by atoms with Gasteiger partial charge in [0.1, 0.15) is 17.8 Å². The van der Waals surface area contributed by atoms with Crippen molar-refractivity contribution in [2.24, 2.45) is 0 Å². The van der Waals surface area contributed by atoms with E-state index in [0.717, 1.165) is 66.6 Å². The number of nitrogens with two attached hydrogens (primary N) is 2. The lowest BCUT2D eigenvalue weighted by atomic mass is 10.1. The molecule has 0 bridgehead atoms. The number of amides is 1. The van der Waals surface area contributed by atoms with Gasteiger partial charge in [0.15, 0.2) is 23.1 Å². The molecule has 16 nitrogen and oxygen atoms in total. The number of alkyl halides is 3. The molecule has 2 aromatic carbocycles. The maximum absolute atomic E-state index is 12.3. The van der Waals surface area contributed by atoms with Crippen LogP contribution >= 0.6 is 46.4 Å². The molecular weight excluding hydrogens is 1020 g/mol. The number of halogens is 7. The molecule has 2 aliphatic heterocycles. The van der Waals surface area contributed by atoms with Gasteiger partial charge in [-0.25, -0.2) is 19.6 Å². The third-order valence-corrected chi connectivity index (χ3v) is 12.8. The minimum absolute atomic E-state index is 0.192. The Hall–Kier alpha value is -5.99. The van der Waals surface area contributed by atoms with Crippen LogP contribution in [-0.4, -0.2) is 89.6 Å². The topological polar surface area (TPSA) is 211 Å². The Morgan fingerprint density at radius 2 is 1.08 bits per heavy atom. The second-order valence-electron chi connectivity index (χ2n) is 17.9. The van der Waals surface area contributed by atoms with Crippen molar-refractivity contribution in [2.45, 2.75) is 96.4 Å². The van der Waals surface area contributed by atoms with E-state index in [1.807, 2.05) is 68.5 Å². The van der Waals surface area contributed by atoms with Gasteiger partial charge in [-0.2, -0.15) is 23.4 Å². The molecule has 8 rings (SSSR count). The molecule has 2 fully saturated rings. The molecule has 6 aromatic rings. The van der Waals surface area contributed by atoms with Crippen LogP contribution in [0, 0.1) is 0 Å². The summed E-state index contributed by atoms with van der Waals surface area (Å²) in [6, 6.07) is 15.0. The fourth-order valence-electron chi connectivity index (χ4n) is 7.80. The predicted molar refractivity (Wildman–Crippen MR) is 272 cm³/mol. The first-order valence-electron chi connectivity index (χ1n) is 22.8.